The molecule has 5 heteroatoms. The van der Waals surface area contributed by atoms with Gasteiger partial charge in [-0.1, -0.05) is 12.1 Å². The molecule has 0 radical (unpaired) electrons. The highest BCUT2D eigenvalue weighted by atomic mass is 32.2. The third-order valence-corrected chi connectivity index (χ3v) is 6.23. The van der Waals surface area contributed by atoms with Crippen LogP contribution < -0.4 is 9.47 Å². The number of hydrogen-bond acceptors (Lipinski definition) is 3. The van der Waals surface area contributed by atoms with Gasteiger partial charge in [0.05, 0.1) is 14.1 Å². The van der Waals surface area contributed by atoms with Crippen LogP contribution in [0.4, 0.5) is 5.69 Å². The van der Waals surface area contributed by atoms with E-state index >= 15 is 0 Å². The molecule has 3 rings (SSSR count). The van der Waals surface area contributed by atoms with Gasteiger partial charge in [0.25, 0.3) is 0 Å². The van der Waals surface area contributed by atoms with Crippen LogP contribution in [-0.4, -0.2) is 61.2 Å². The molecule has 2 aromatic rings. The fraction of sp³-hybridized carbons (Fsp3) is 0.364. The number of aryl methyl sites for hydroxylation is 1. The molecule has 2 heterocycles. The standard InChI is InChI=1S/C22H30N4S/c1-23-14-6-5-7-20(23)11-8-19-9-12-21(13-10-19)24(2)17-18-27-22-25(3)15-16-26(22)4/h5-14H,15-18H2,1-4H3/q+2. The van der Waals surface area contributed by atoms with E-state index in [4.69, 9.17) is 0 Å². The fourth-order valence-electron chi connectivity index (χ4n) is 3.14. The lowest BCUT2D eigenvalue weighted by Gasteiger charge is -2.19. The summed E-state index contributed by atoms with van der Waals surface area (Å²) in [5.74, 6) is 1.09. The molecule has 0 N–H and O–H groups in total. The summed E-state index contributed by atoms with van der Waals surface area (Å²) in [6, 6.07) is 15.0. The van der Waals surface area contributed by atoms with Crippen molar-refractivity contribution in [2.75, 3.05) is 51.4 Å². The van der Waals surface area contributed by atoms with Crippen LogP contribution in [0.25, 0.3) is 12.2 Å². The van der Waals surface area contributed by atoms with Gasteiger partial charge in [-0.25, -0.2) is 4.57 Å². The van der Waals surface area contributed by atoms with Crippen molar-refractivity contribution >= 4 is 34.8 Å². The highest BCUT2D eigenvalue weighted by molar-refractivity contribution is 8.13. The number of likely N-dealkylation sites (N-methyl/N-ethyl adjacent to an activating group) is 2. The monoisotopic (exact) mass is 382 g/mol. The van der Waals surface area contributed by atoms with Gasteiger partial charge in [0.2, 0.25) is 5.69 Å². The maximum absolute atomic E-state index is 2.35. The van der Waals surface area contributed by atoms with Gasteiger partial charge in [-0.2, -0.15) is 0 Å². The van der Waals surface area contributed by atoms with Gasteiger partial charge in [0.15, 0.2) is 6.20 Å². The Morgan fingerprint density at radius 2 is 1.89 bits per heavy atom. The lowest BCUT2D eigenvalue weighted by Crippen LogP contribution is -2.30. The highest BCUT2D eigenvalue weighted by Crippen LogP contribution is 2.17. The molecule has 0 unspecified atom stereocenters. The minimum atomic E-state index is 1.03. The van der Waals surface area contributed by atoms with Crippen molar-refractivity contribution in [3.05, 3.63) is 59.9 Å². The highest BCUT2D eigenvalue weighted by Gasteiger charge is 2.24. The van der Waals surface area contributed by atoms with Gasteiger partial charge in [-0.15, -0.1) is 0 Å². The third kappa shape index (κ3) is 5.13. The maximum Gasteiger partial charge on any atom is 0.308 e. The molecular formula is C22H30N4S+2. The average Bonchev–Trinajstić information content (AvgIpc) is 3.00. The van der Waals surface area contributed by atoms with Crippen molar-refractivity contribution in [2.24, 2.45) is 7.05 Å². The van der Waals surface area contributed by atoms with E-state index in [0.717, 1.165) is 25.4 Å². The topological polar surface area (TPSA) is 13.4 Å². The molecule has 0 amide bonds. The number of thioether (sulfide) groups is 1. The van der Waals surface area contributed by atoms with Gasteiger partial charge >= 0.3 is 5.17 Å². The van der Waals surface area contributed by atoms with E-state index in [1.165, 1.54) is 22.1 Å². The maximum atomic E-state index is 2.35. The van der Waals surface area contributed by atoms with E-state index in [1.807, 2.05) is 17.8 Å². The zero-order chi connectivity index (χ0) is 19.2. The van der Waals surface area contributed by atoms with Crippen LogP contribution in [0.2, 0.25) is 0 Å². The number of benzene rings is 1. The number of pyridine rings is 1. The summed E-state index contributed by atoms with van der Waals surface area (Å²) >= 11 is 1.95. The summed E-state index contributed by atoms with van der Waals surface area (Å²) in [4.78, 5) is 4.67. The lowest BCUT2D eigenvalue weighted by atomic mass is 10.1. The number of nitrogens with zero attached hydrogens (tertiary/aromatic N) is 4. The zero-order valence-electron chi connectivity index (χ0n) is 16.8. The minimum Gasteiger partial charge on any atom is -0.374 e. The molecule has 0 fully saturated rings. The van der Waals surface area contributed by atoms with Crippen LogP contribution in [-0.2, 0) is 7.05 Å². The van der Waals surface area contributed by atoms with Crippen LogP contribution in [0.3, 0.4) is 0 Å². The quantitative estimate of drug-likeness (QED) is 0.714. The van der Waals surface area contributed by atoms with Gasteiger partial charge in [0, 0.05) is 43.2 Å². The van der Waals surface area contributed by atoms with Crippen molar-refractivity contribution in [3.8, 4) is 0 Å². The van der Waals surface area contributed by atoms with Gasteiger partial charge in [-0.05, 0) is 41.6 Å². The molecule has 142 valence electrons. The second-order valence-electron chi connectivity index (χ2n) is 7.06. The number of anilines is 1. The first-order valence-corrected chi connectivity index (χ1v) is 10.4. The van der Waals surface area contributed by atoms with E-state index in [2.05, 4.69) is 102 Å². The molecule has 0 saturated heterocycles. The number of rotatable bonds is 6. The fourth-order valence-corrected chi connectivity index (χ4v) is 4.31. The summed E-state index contributed by atoms with van der Waals surface area (Å²) in [6.45, 7) is 3.29. The minimum absolute atomic E-state index is 1.03. The Kier molecular flexibility index (Phi) is 6.56. The number of aromatic nitrogens is 1. The molecule has 1 aliphatic rings. The Balaban J connectivity index is 1.53. The van der Waals surface area contributed by atoms with E-state index in [-0.39, 0.29) is 0 Å². The Morgan fingerprint density at radius 1 is 1.11 bits per heavy atom. The molecule has 1 aromatic heterocycles. The van der Waals surface area contributed by atoms with E-state index in [0.29, 0.717) is 0 Å². The van der Waals surface area contributed by atoms with Crippen LogP contribution >= 0.6 is 11.8 Å². The van der Waals surface area contributed by atoms with Crippen LogP contribution in [0.1, 0.15) is 11.3 Å². The molecule has 0 saturated carbocycles. The predicted molar refractivity (Wildman–Crippen MR) is 117 cm³/mol. The molecule has 0 aliphatic carbocycles. The Labute approximate surface area is 167 Å². The van der Waals surface area contributed by atoms with Crippen LogP contribution in [0.15, 0.2) is 48.7 Å². The van der Waals surface area contributed by atoms with Crippen molar-refractivity contribution in [3.63, 3.8) is 0 Å². The van der Waals surface area contributed by atoms with Crippen molar-refractivity contribution in [1.29, 1.82) is 0 Å². The largest absolute Gasteiger partial charge is 0.374 e. The Hall–Kier alpha value is -2.27. The van der Waals surface area contributed by atoms with Gasteiger partial charge in [0.1, 0.15) is 20.1 Å². The normalized spacial score (nSPS) is 14.4. The molecule has 1 aromatic carbocycles. The first kappa shape index (κ1) is 19.5. The van der Waals surface area contributed by atoms with Crippen molar-refractivity contribution < 1.29 is 9.14 Å². The van der Waals surface area contributed by atoms with Crippen molar-refractivity contribution in [1.82, 2.24) is 4.90 Å². The SMILES string of the molecule is CN1CC[N+](C)=C1SCCN(C)c1ccc(/C=C/c2cccc[n+]2C)cc1. The number of amidine groups is 1. The second kappa shape index (κ2) is 9.09. The smallest absolute Gasteiger partial charge is 0.308 e. The van der Waals surface area contributed by atoms with Gasteiger partial charge in [-0.3, -0.25) is 9.48 Å². The van der Waals surface area contributed by atoms with Crippen LogP contribution in [0, 0.1) is 0 Å². The summed E-state index contributed by atoms with van der Waals surface area (Å²) in [5.41, 5.74) is 3.67. The third-order valence-electron chi connectivity index (χ3n) is 4.96. The first-order valence-electron chi connectivity index (χ1n) is 9.40. The molecular weight excluding hydrogens is 352 g/mol. The summed E-state index contributed by atoms with van der Waals surface area (Å²) < 4.78 is 4.46. The predicted octanol–water partition coefficient (Wildman–Crippen LogP) is 2.79. The van der Waals surface area contributed by atoms with E-state index in [1.54, 1.807) is 0 Å². The van der Waals surface area contributed by atoms with Crippen LogP contribution in [0.5, 0.6) is 0 Å². The molecule has 0 atom stereocenters. The summed E-state index contributed by atoms with van der Waals surface area (Å²) in [7, 11) is 8.59. The molecule has 27 heavy (non-hydrogen) atoms. The average molecular weight is 383 g/mol. The molecule has 1 aliphatic heterocycles. The summed E-state index contributed by atoms with van der Waals surface area (Å²) in [6.07, 6.45) is 6.38. The first-order chi connectivity index (χ1) is 13.0. The van der Waals surface area contributed by atoms with Crippen molar-refractivity contribution in [2.45, 2.75) is 0 Å². The zero-order valence-corrected chi connectivity index (χ0v) is 17.6. The Morgan fingerprint density at radius 3 is 2.56 bits per heavy atom. The second-order valence-corrected chi connectivity index (χ2v) is 8.12. The Bertz CT molecular complexity index is 826. The van der Waals surface area contributed by atoms with Gasteiger partial charge < -0.3 is 4.90 Å². The number of hydrogen-bond donors (Lipinski definition) is 0. The summed E-state index contributed by atoms with van der Waals surface area (Å²) in [5, 5.41) is 1.39. The lowest BCUT2D eigenvalue weighted by molar-refractivity contribution is -0.673. The molecule has 0 bridgehead atoms. The van der Waals surface area contributed by atoms with E-state index in [9.17, 15) is 0 Å². The molecule has 4 nitrogen and oxygen atoms in total. The molecule has 0 spiro atoms. The van der Waals surface area contributed by atoms with E-state index < -0.39 is 0 Å².